The van der Waals surface area contributed by atoms with Gasteiger partial charge in [0.15, 0.2) is 0 Å². The lowest BCUT2D eigenvalue weighted by molar-refractivity contribution is -0.118. The van der Waals surface area contributed by atoms with E-state index in [1.807, 2.05) is 0 Å². The molecular formula is C13H15ClN2O. The molecular weight excluding hydrogens is 236 g/mol. The third kappa shape index (κ3) is 1.78. The summed E-state index contributed by atoms with van der Waals surface area (Å²) in [7, 11) is 0. The van der Waals surface area contributed by atoms with Crippen molar-refractivity contribution in [3.05, 3.63) is 23.2 Å². The molecule has 2 aliphatic rings. The Balaban J connectivity index is 1.73. The number of para-hydroxylation sites is 1. The van der Waals surface area contributed by atoms with E-state index in [-0.39, 0.29) is 11.8 Å². The lowest BCUT2D eigenvalue weighted by atomic mass is 10.1. The van der Waals surface area contributed by atoms with Gasteiger partial charge in [-0.1, -0.05) is 24.1 Å². The van der Waals surface area contributed by atoms with E-state index >= 15 is 0 Å². The molecule has 0 heterocycles. The summed E-state index contributed by atoms with van der Waals surface area (Å²) >= 11 is 6.02. The fourth-order valence-corrected chi connectivity index (χ4v) is 3.32. The van der Waals surface area contributed by atoms with E-state index in [2.05, 4.69) is 5.32 Å². The number of nitrogen functional groups attached to an aromatic ring is 1. The molecule has 3 nitrogen and oxygen atoms in total. The number of rotatable bonds is 2. The van der Waals surface area contributed by atoms with Gasteiger partial charge < -0.3 is 11.1 Å². The van der Waals surface area contributed by atoms with Crippen LogP contribution in [0.3, 0.4) is 0 Å². The lowest BCUT2D eigenvalue weighted by Gasteiger charge is -2.10. The van der Waals surface area contributed by atoms with Crippen molar-refractivity contribution in [1.29, 1.82) is 0 Å². The number of nitrogens with one attached hydrogen (secondary N) is 1. The fourth-order valence-electron chi connectivity index (χ4n) is 3.09. The minimum absolute atomic E-state index is 0.0829. The molecule has 90 valence electrons. The van der Waals surface area contributed by atoms with Crippen LogP contribution in [-0.2, 0) is 4.79 Å². The smallest absolute Gasteiger partial charge is 0.228 e. The van der Waals surface area contributed by atoms with Gasteiger partial charge in [0.05, 0.1) is 16.4 Å². The Hall–Kier alpha value is -1.22. The monoisotopic (exact) mass is 250 g/mol. The number of carbonyl (C=O) groups is 1. The average Bonchev–Trinajstić information content (AvgIpc) is 2.78. The molecule has 0 saturated heterocycles. The number of fused-ring (bicyclic) bond motifs is 1. The van der Waals surface area contributed by atoms with Crippen LogP contribution < -0.4 is 11.1 Å². The second-order valence-electron chi connectivity index (χ2n) is 4.98. The Morgan fingerprint density at radius 2 is 2.06 bits per heavy atom. The molecule has 0 aliphatic heterocycles. The molecule has 4 heteroatoms. The van der Waals surface area contributed by atoms with Crippen LogP contribution in [0, 0.1) is 17.8 Å². The maximum atomic E-state index is 12.1. The molecule has 2 aliphatic carbocycles. The number of amides is 1. The van der Waals surface area contributed by atoms with E-state index < -0.39 is 0 Å². The Morgan fingerprint density at radius 3 is 2.71 bits per heavy atom. The number of hydrogen-bond acceptors (Lipinski definition) is 2. The molecule has 0 spiro atoms. The molecule has 3 N–H and O–H groups in total. The highest BCUT2D eigenvalue weighted by molar-refractivity contribution is 6.34. The minimum atomic E-state index is 0.0829. The maximum absolute atomic E-state index is 12.1. The SMILES string of the molecule is Nc1cccc(Cl)c1NC(=O)C1C2CCCC21. The predicted octanol–water partition coefficient (Wildman–Crippen LogP) is 2.91. The summed E-state index contributed by atoms with van der Waals surface area (Å²) < 4.78 is 0. The summed E-state index contributed by atoms with van der Waals surface area (Å²) in [6.45, 7) is 0. The third-order valence-corrected chi connectivity index (χ3v) is 4.32. The largest absolute Gasteiger partial charge is 0.397 e. The molecule has 2 atom stereocenters. The van der Waals surface area contributed by atoms with Crippen molar-refractivity contribution in [2.75, 3.05) is 11.1 Å². The summed E-state index contributed by atoms with van der Waals surface area (Å²) in [5, 5.41) is 3.38. The summed E-state index contributed by atoms with van der Waals surface area (Å²) in [5.74, 6) is 1.50. The second-order valence-corrected chi connectivity index (χ2v) is 5.38. The van der Waals surface area contributed by atoms with Gasteiger partial charge in [0.1, 0.15) is 0 Å². The zero-order valence-electron chi connectivity index (χ0n) is 9.45. The molecule has 1 aromatic carbocycles. The van der Waals surface area contributed by atoms with Gasteiger partial charge in [-0.3, -0.25) is 4.79 Å². The third-order valence-electron chi connectivity index (χ3n) is 4.00. The minimum Gasteiger partial charge on any atom is -0.397 e. The highest BCUT2D eigenvalue weighted by atomic mass is 35.5. The van der Waals surface area contributed by atoms with Crippen molar-refractivity contribution in [1.82, 2.24) is 0 Å². The van der Waals surface area contributed by atoms with Crippen LogP contribution in [0.2, 0.25) is 5.02 Å². The van der Waals surface area contributed by atoms with Crippen LogP contribution in [-0.4, -0.2) is 5.91 Å². The molecule has 2 fully saturated rings. The van der Waals surface area contributed by atoms with Crippen LogP contribution in [0.5, 0.6) is 0 Å². The normalized spacial score (nSPS) is 29.8. The fraction of sp³-hybridized carbons (Fsp3) is 0.462. The van der Waals surface area contributed by atoms with Gasteiger partial charge >= 0.3 is 0 Å². The maximum Gasteiger partial charge on any atom is 0.228 e. The molecule has 2 unspecified atom stereocenters. The number of benzene rings is 1. The van der Waals surface area contributed by atoms with E-state index in [0.29, 0.717) is 28.2 Å². The van der Waals surface area contributed by atoms with Crippen molar-refractivity contribution in [3.8, 4) is 0 Å². The van der Waals surface area contributed by atoms with Crippen molar-refractivity contribution in [3.63, 3.8) is 0 Å². The number of carbonyl (C=O) groups excluding carboxylic acids is 1. The van der Waals surface area contributed by atoms with E-state index in [1.54, 1.807) is 18.2 Å². The van der Waals surface area contributed by atoms with Crippen LogP contribution in [0.15, 0.2) is 18.2 Å². The van der Waals surface area contributed by atoms with E-state index in [0.717, 1.165) is 0 Å². The second kappa shape index (κ2) is 3.91. The highest BCUT2D eigenvalue weighted by Crippen LogP contribution is 2.57. The van der Waals surface area contributed by atoms with Gasteiger partial charge in [-0.05, 0) is 36.8 Å². The number of nitrogens with two attached hydrogens (primary N) is 1. The lowest BCUT2D eigenvalue weighted by Crippen LogP contribution is -2.17. The first-order chi connectivity index (χ1) is 8.18. The van der Waals surface area contributed by atoms with Gasteiger partial charge in [0.25, 0.3) is 0 Å². The Labute approximate surface area is 105 Å². The summed E-state index contributed by atoms with van der Waals surface area (Å²) in [6.07, 6.45) is 3.66. The number of hydrogen-bond donors (Lipinski definition) is 2. The molecule has 0 aromatic heterocycles. The molecule has 1 aromatic rings. The zero-order chi connectivity index (χ0) is 12.0. The van der Waals surface area contributed by atoms with Crippen molar-refractivity contribution >= 4 is 28.9 Å². The van der Waals surface area contributed by atoms with Crippen LogP contribution in [0.1, 0.15) is 19.3 Å². The molecule has 3 rings (SSSR count). The summed E-state index contributed by atoms with van der Waals surface area (Å²) in [5.41, 5.74) is 6.89. The standard InChI is InChI=1S/C13H15ClN2O/c14-9-5-2-6-10(15)12(9)16-13(17)11-7-3-1-4-8(7)11/h2,5-8,11H,1,3-4,15H2,(H,16,17). The molecule has 1 amide bonds. The first-order valence-corrected chi connectivity index (χ1v) is 6.41. The Bertz CT molecular complexity index is 444. The number of halogens is 1. The van der Waals surface area contributed by atoms with Crippen molar-refractivity contribution < 1.29 is 4.79 Å². The first-order valence-electron chi connectivity index (χ1n) is 6.03. The first kappa shape index (κ1) is 10.9. The average molecular weight is 251 g/mol. The van der Waals surface area contributed by atoms with Gasteiger partial charge in [0.2, 0.25) is 5.91 Å². The molecule has 17 heavy (non-hydrogen) atoms. The zero-order valence-corrected chi connectivity index (χ0v) is 10.2. The van der Waals surface area contributed by atoms with Gasteiger partial charge in [-0.25, -0.2) is 0 Å². The molecule has 2 saturated carbocycles. The van der Waals surface area contributed by atoms with Crippen LogP contribution >= 0.6 is 11.6 Å². The quantitative estimate of drug-likeness (QED) is 0.793. The number of anilines is 2. The van der Waals surface area contributed by atoms with Gasteiger partial charge in [-0.2, -0.15) is 0 Å². The summed E-state index contributed by atoms with van der Waals surface area (Å²) in [6, 6.07) is 5.26. The Morgan fingerprint density at radius 1 is 1.35 bits per heavy atom. The van der Waals surface area contributed by atoms with Gasteiger partial charge in [0, 0.05) is 5.92 Å². The molecule has 0 bridgehead atoms. The van der Waals surface area contributed by atoms with Crippen LogP contribution in [0.4, 0.5) is 11.4 Å². The Kier molecular flexibility index (Phi) is 2.51. The van der Waals surface area contributed by atoms with E-state index in [9.17, 15) is 4.79 Å². The van der Waals surface area contributed by atoms with E-state index in [1.165, 1.54) is 19.3 Å². The van der Waals surface area contributed by atoms with Crippen LogP contribution in [0.25, 0.3) is 0 Å². The van der Waals surface area contributed by atoms with Crippen molar-refractivity contribution in [2.45, 2.75) is 19.3 Å². The summed E-state index contributed by atoms with van der Waals surface area (Å²) in [4.78, 5) is 12.1. The van der Waals surface area contributed by atoms with Crippen molar-refractivity contribution in [2.24, 2.45) is 17.8 Å². The topological polar surface area (TPSA) is 55.1 Å². The molecule has 0 radical (unpaired) electrons. The highest BCUT2D eigenvalue weighted by Gasteiger charge is 2.56. The van der Waals surface area contributed by atoms with Gasteiger partial charge in [-0.15, -0.1) is 0 Å². The predicted molar refractivity (Wildman–Crippen MR) is 68.8 cm³/mol. The van der Waals surface area contributed by atoms with E-state index in [4.69, 9.17) is 17.3 Å².